The van der Waals surface area contributed by atoms with Crippen LogP contribution in [0.25, 0.3) is 10.9 Å². The van der Waals surface area contributed by atoms with Gasteiger partial charge in [0.1, 0.15) is 6.54 Å². The van der Waals surface area contributed by atoms with E-state index in [9.17, 15) is 4.79 Å². The molecule has 0 bridgehead atoms. The SMILES string of the molecule is Cc1cccc2c(CCNC(=NCC(=O)N(C)C)NCC3CCCCO3)c[nH]c12. The van der Waals surface area contributed by atoms with Gasteiger partial charge in [-0.1, -0.05) is 18.2 Å². The molecule has 0 radical (unpaired) electrons. The summed E-state index contributed by atoms with van der Waals surface area (Å²) in [6.45, 7) is 4.50. The molecule has 1 aliphatic rings. The molecular weight excluding hydrogens is 366 g/mol. The highest BCUT2D eigenvalue weighted by molar-refractivity contribution is 5.86. The van der Waals surface area contributed by atoms with E-state index in [0.29, 0.717) is 12.5 Å². The van der Waals surface area contributed by atoms with Crippen molar-refractivity contribution in [3.8, 4) is 0 Å². The number of aromatic nitrogens is 1. The summed E-state index contributed by atoms with van der Waals surface area (Å²) in [7, 11) is 3.49. The van der Waals surface area contributed by atoms with Crippen LogP contribution in [0.1, 0.15) is 30.4 Å². The zero-order chi connectivity index (χ0) is 20.6. The predicted octanol–water partition coefficient (Wildman–Crippen LogP) is 2.21. The van der Waals surface area contributed by atoms with Gasteiger partial charge in [0.25, 0.3) is 0 Å². The van der Waals surface area contributed by atoms with Gasteiger partial charge >= 0.3 is 0 Å². The molecule has 1 aromatic heterocycles. The van der Waals surface area contributed by atoms with Gasteiger partial charge in [-0.25, -0.2) is 4.99 Å². The maximum absolute atomic E-state index is 11.9. The molecule has 2 aromatic rings. The molecule has 0 aliphatic carbocycles. The minimum atomic E-state index is -0.0212. The monoisotopic (exact) mass is 399 g/mol. The minimum absolute atomic E-state index is 0.0212. The van der Waals surface area contributed by atoms with Crippen LogP contribution in [0, 0.1) is 6.92 Å². The minimum Gasteiger partial charge on any atom is -0.376 e. The van der Waals surface area contributed by atoms with E-state index in [2.05, 4.69) is 51.9 Å². The van der Waals surface area contributed by atoms with Crippen molar-refractivity contribution in [1.29, 1.82) is 0 Å². The van der Waals surface area contributed by atoms with Crippen LogP contribution in [0.5, 0.6) is 0 Å². The smallest absolute Gasteiger partial charge is 0.243 e. The average Bonchev–Trinajstić information content (AvgIpc) is 3.14. The summed E-state index contributed by atoms with van der Waals surface area (Å²) in [5, 5.41) is 7.98. The number of nitrogens with one attached hydrogen (secondary N) is 3. The summed E-state index contributed by atoms with van der Waals surface area (Å²) in [4.78, 5) is 21.3. The molecule has 1 aliphatic heterocycles. The number of nitrogens with zero attached hydrogens (tertiary/aromatic N) is 2. The molecule has 7 heteroatoms. The van der Waals surface area contributed by atoms with Gasteiger partial charge in [-0.3, -0.25) is 4.79 Å². The quantitative estimate of drug-likeness (QED) is 0.493. The number of fused-ring (bicyclic) bond motifs is 1. The lowest BCUT2D eigenvalue weighted by Gasteiger charge is -2.24. The molecule has 3 N–H and O–H groups in total. The number of rotatable bonds is 7. The third kappa shape index (κ3) is 5.97. The van der Waals surface area contributed by atoms with Gasteiger partial charge in [0.15, 0.2) is 5.96 Å². The van der Waals surface area contributed by atoms with Gasteiger partial charge in [0.2, 0.25) is 5.91 Å². The van der Waals surface area contributed by atoms with Crippen LogP contribution in [-0.2, 0) is 16.0 Å². The number of para-hydroxylation sites is 1. The number of H-pyrrole nitrogens is 1. The Labute approximate surface area is 172 Å². The van der Waals surface area contributed by atoms with Crippen molar-refractivity contribution in [2.75, 3.05) is 40.3 Å². The zero-order valence-electron chi connectivity index (χ0n) is 17.8. The summed E-state index contributed by atoms with van der Waals surface area (Å²) in [6, 6.07) is 6.36. The highest BCUT2D eigenvalue weighted by Crippen LogP contribution is 2.21. The van der Waals surface area contributed by atoms with Gasteiger partial charge in [0.05, 0.1) is 6.10 Å². The lowest BCUT2D eigenvalue weighted by molar-refractivity contribution is -0.127. The molecule has 7 nitrogen and oxygen atoms in total. The summed E-state index contributed by atoms with van der Waals surface area (Å²) in [5.74, 6) is 0.637. The Balaban J connectivity index is 1.58. The van der Waals surface area contributed by atoms with Crippen LogP contribution >= 0.6 is 0 Å². The van der Waals surface area contributed by atoms with Crippen LogP contribution in [0.2, 0.25) is 0 Å². The normalized spacial score (nSPS) is 17.3. The van der Waals surface area contributed by atoms with E-state index in [1.165, 1.54) is 28.5 Å². The second-order valence-electron chi connectivity index (χ2n) is 7.81. The number of hydrogen-bond donors (Lipinski definition) is 3. The molecule has 2 heterocycles. The molecule has 1 fully saturated rings. The van der Waals surface area contributed by atoms with Crippen molar-refractivity contribution in [3.05, 3.63) is 35.5 Å². The van der Waals surface area contributed by atoms with Gasteiger partial charge in [-0.15, -0.1) is 0 Å². The highest BCUT2D eigenvalue weighted by atomic mass is 16.5. The van der Waals surface area contributed by atoms with Crippen LogP contribution in [0.3, 0.4) is 0 Å². The van der Waals surface area contributed by atoms with Crippen molar-refractivity contribution >= 4 is 22.8 Å². The summed E-state index contributed by atoms with van der Waals surface area (Å²) in [6.07, 6.45) is 6.55. The number of guanidine groups is 1. The number of aromatic amines is 1. The third-order valence-corrected chi connectivity index (χ3v) is 5.34. The highest BCUT2D eigenvalue weighted by Gasteiger charge is 2.14. The molecular formula is C22H33N5O2. The lowest BCUT2D eigenvalue weighted by atomic mass is 10.1. The first-order chi connectivity index (χ1) is 14.0. The van der Waals surface area contributed by atoms with E-state index in [1.807, 2.05) is 0 Å². The van der Waals surface area contributed by atoms with Gasteiger partial charge in [-0.2, -0.15) is 0 Å². The first kappa shape index (κ1) is 21.2. The van der Waals surface area contributed by atoms with Crippen molar-refractivity contribution < 1.29 is 9.53 Å². The molecule has 1 aromatic carbocycles. The first-order valence-corrected chi connectivity index (χ1v) is 10.4. The fraction of sp³-hybridized carbons (Fsp3) is 0.545. The summed E-state index contributed by atoms with van der Waals surface area (Å²) >= 11 is 0. The van der Waals surface area contributed by atoms with E-state index >= 15 is 0 Å². The van der Waals surface area contributed by atoms with E-state index in [0.717, 1.165) is 32.4 Å². The van der Waals surface area contributed by atoms with Gasteiger partial charge in [0, 0.05) is 50.9 Å². The molecule has 158 valence electrons. The average molecular weight is 400 g/mol. The lowest BCUT2D eigenvalue weighted by Crippen LogP contribution is -2.43. The maximum atomic E-state index is 11.9. The second kappa shape index (κ2) is 10.3. The number of hydrogen-bond acceptors (Lipinski definition) is 3. The third-order valence-electron chi connectivity index (χ3n) is 5.34. The van der Waals surface area contributed by atoms with Crippen LogP contribution < -0.4 is 10.6 Å². The Bertz CT molecular complexity index is 837. The number of benzene rings is 1. The van der Waals surface area contributed by atoms with Crippen molar-refractivity contribution in [2.24, 2.45) is 4.99 Å². The molecule has 0 saturated carbocycles. The number of carbonyl (C=O) groups excluding carboxylic acids is 1. The standard InChI is InChI=1S/C22H33N5O2/c1-16-7-6-9-19-17(13-24-21(16)19)10-11-23-22(26-15-20(28)27(2)3)25-14-18-8-4-5-12-29-18/h6-7,9,13,18,24H,4-5,8,10-12,14-15H2,1-3H3,(H2,23,25,26). The molecule has 1 amide bonds. The fourth-order valence-electron chi connectivity index (χ4n) is 3.53. The Hall–Kier alpha value is -2.54. The van der Waals surface area contributed by atoms with E-state index in [-0.39, 0.29) is 18.6 Å². The largest absolute Gasteiger partial charge is 0.376 e. The second-order valence-corrected chi connectivity index (χ2v) is 7.81. The number of carbonyl (C=O) groups is 1. The van der Waals surface area contributed by atoms with Crippen molar-refractivity contribution in [3.63, 3.8) is 0 Å². The predicted molar refractivity (Wildman–Crippen MR) is 117 cm³/mol. The summed E-state index contributed by atoms with van der Waals surface area (Å²) < 4.78 is 5.79. The summed E-state index contributed by atoms with van der Waals surface area (Å²) in [5.41, 5.74) is 3.72. The van der Waals surface area contributed by atoms with Crippen LogP contribution in [-0.4, -0.2) is 68.2 Å². The molecule has 29 heavy (non-hydrogen) atoms. The van der Waals surface area contributed by atoms with Crippen molar-refractivity contribution in [2.45, 2.75) is 38.7 Å². The number of amides is 1. The number of aliphatic imine (C=N–C) groups is 1. The zero-order valence-corrected chi connectivity index (χ0v) is 17.8. The number of ether oxygens (including phenoxy) is 1. The molecule has 1 atom stereocenters. The molecule has 3 rings (SSSR count). The van der Waals surface area contributed by atoms with Gasteiger partial charge in [-0.05, 0) is 43.7 Å². The first-order valence-electron chi connectivity index (χ1n) is 10.4. The van der Waals surface area contributed by atoms with E-state index in [1.54, 1.807) is 19.0 Å². The Morgan fingerprint density at radius 2 is 2.17 bits per heavy atom. The molecule has 0 spiro atoms. The fourth-order valence-corrected chi connectivity index (χ4v) is 3.53. The van der Waals surface area contributed by atoms with E-state index in [4.69, 9.17) is 4.74 Å². The Kier molecular flexibility index (Phi) is 7.52. The maximum Gasteiger partial charge on any atom is 0.243 e. The Morgan fingerprint density at radius 1 is 1.31 bits per heavy atom. The topological polar surface area (TPSA) is 81.8 Å². The Morgan fingerprint density at radius 3 is 2.93 bits per heavy atom. The number of likely N-dealkylation sites (N-methyl/N-ethyl adjacent to an activating group) is 1. The van der Waals surface area contributed by atoms with Crippen molar-refractivity contribution in [1.82, 2.24) is 20.5 Å². The molecule has 1 saturated heterocycles. The van der Waals surface area contributed by atoms with Gasteiger partial charge < -0.3 is 25.3 Å². The van der Waals surface area contributed by atoms with E-state index < -0.39 is 0 Å². The van der Waals surface area contributed by atoms with Crippen LogP contribution in [0.15, 0.2) is 29.4 Å². The van der Waals surface area contributed by atoms with Crippen LogP contribution in [0.4, 0.5) is 0 Å². The molecule has 1 unspecified atom stereocenters. The number of aryl methyl sites for hydroxylation is 1.